The molecule has 4 rings (SSSR count). The van der Waals surface area contributed by atoms with Crippen molar-refractivity contribution in [3.05, 3.63) is 29.1 Å². The zero-order valence-corrected chi connectivity index (χ0v) is 19.3. The first kappa shape index (κ1) is 25.3. The summed E-state index contributed by atoms with van der Waals surface area (Å²) in [4.78, 5) is 22.5. The van der Waals surface area contributed by atoms with Crippen LogP contribution in [-0.2, 0) is 4.79 Å². The molecule has 1 atom stereocenters. The number of rotatable bonds is 5. The molecule has 1 saturated heterocycles. The molecule has 5 nitrogen and oxygen atoms in total. The van der Waals surface area contributed by atoms with Crippen molar-refractivity contribution >= 4 is 12.7 Å². The highest BCUT2D eigenvalue weighted by atomic mass is 19.1. The first-order valence-electron chi connectivity index (χ1n) is 11.4. The molecule has 0 aromatic heterocycles. The molecule has 0 spiro atoms. The molecule has 1 aromatic rings. The number of benzene rings is 1. The van der Waals surface area contributed by atoms with E-state index in [1.165, 1.54) is 31.7 Å². The van der Waals surface area contributed by atoms with E-state index in [0.717, 1.165) is 51.4 Å². The van der Waals surface area contributed by atoms with Crippen molar-refractivity contribution in [1.29, 1.82) is 0 Å². The van der Waals surface area contributed by atoms with Crippen LogP contribution in [0.2, 0.25) is 0 Å². The number of nitrogens with zero attached hydrogens (tertiary/aromatic N) is 1. The molecule has 0 radical (unpaired) electrons. The highest BCUT2D eigenvalue weighted by Crippen LogP contribution is 2.46. The van der Waals surface area contributed by atoms with Gasteiger partial charge in [0.05, 0.1) is 12.2 Å². The Hall–Kier alpha value is -1.95. The van der Waals surface area contributed by atoms with Gasteiger partial charge in [-0.2, -0.15) is 0 Å². The molecule has 3 fully saturated rings. The summed E-state index contributed by atoms with van der Waals surface area (Å²) in [6.07, 6.45) is 9.12. The number of amides is 1. The molecule has 0 bridgehead atoms. The van der Waals surface area contributed by atoms with Crippen LogP contribution in [0.4, 0.5) is 4.39 Å². The largest absolute Gasteiger partial charge is 0.493 e. The average Bonchev–Trinajstić information content (AvgIpc) is 3.46. The van der Waals surface area contributed by atoms with E-state index in [4.69, 9.17) is 14.6 Å². The Kier molecular flexibility index (Phi) is 9.48. The van der Waals surface area contributed by atoms with Crippen LogP contribution in [0.15, 0.2) is 12.1 Å². The lowest BCUT2D eigenvalue weighted by atomic mass is 9.72. The van der Waals surface area contributed by atoms with Gasteiger partial charge in [0.25, 0.3) is 5.91 Å². The van der Waals surface area contributed by atoms with Crippen molar-refractivity contribution in [2.45, 2.75) is 71.1 Å². The smallest absolute Gasteiger partial charge is 0.256 e. The molecule has 6 heteroatoms. The van der Waals surface area contributed by atoms with Crippen LogP contribution in [0.1, 0.15) is 87.1 Å². The van der Waals surface area contributed by atoms with E-state index < -0.39 is 5.82 Å². The number of aliphatic hydroxyl groups excluding tert-OH is 1. The molecule has 2 saturated carbocycles. The van der Waals surface area contributed by atoms with Gasteiger partial charge in [-0.25, -0.2) is 4.39 Å². The Bertz CT molecular complexity index is 726. The van der Waals surface area contributed by atoms with Crippen LogP contribution in [0.3, 0.4) is 0 Å². The minimum Gasteiger partial charge on any atom is -0.493 e. The molecule has 2 aliphatic carbocycles. The molecule has 1 aromatic carbocycles. The average molecular weight is 436 g/mol. The minimum absolute atomic E-state index is 0.160. The number of ether oxygens (including phenoxy) is 1. The van der Waals surface area contributed by atoms with E-state index in [9.17, 15) is 9.18 Å². The van der Waals surface area contributed by atoms with Crippen molar-refractivity contribution in [3.63, 3.8) is 0 Å². The van der Waals surface area contributed by atoms with Gasteiger partial charge in [0.2, 0.25) is 0 Å². The van der Waals surface area contributed by atoms with Crippen LogP contribution in [0.5, 0.6) is 5.75 Å². The fourth-order valence-corrected chi connectivity index (χ4v) is 4.87. The lowest BCUT2D eigenvalue weighted by Crippen LogP contribution is -2.28. The van der Waals surface area contributed by atoms with E-state index in [1.54, 1.807) is 11.0 Å². The molecule has 31 heavy (non-hydrogen) atoms. The van der Waals surface area contributed by atoms with Crippen molar-refractivity contribution < 1.29 is 23.8 Å². The second kappa shape index (κ2) is 11.6. The molecule has 1 aliphatic heterocycles. The molecule has 1 unspecified atom stereocenters. The van der Waals surface area contributed by atoms with Crippen LogP contribution in [-0.4, -0.2) is 49.5 Å². The summed E-state index contributed by atoms with van der Waals surface area (Å²) in [7, 11) is 1.00. The maximum absolute atomic E-state index is 14.8. The van der Waals surface area contributed by atoms with E-state index in [2.05, 4.69) is 13.8 Å². The van der Waals surface area contributed by atoms with Gasteiger partial charge >= 0.3 is 0 Å². The van der Waals surface area contributed by atoms with E-state index in [-0.39, 0.29) is 11.5 Å². The van der Waals surface area contributed by atoms with E-state index >= 15 is 0 Å². The Morgan fingerprint density at radius 2 is 1.81 bits per heavy atom. The van der Waals surface area contributed by atoms with Gasteiger partial charge in [0.1, 0.15) is 18.4 Å². The second-order valence-electron chi connectivity index (χ2n) is 9.58. The van der Waals surface area contributed by atoms with Crippen LogP contribution < -0.4 is 4.74 Å². The van der Waals surface area contributed by atoms with Gasteiger partial charge in [-0.1, -0.05) is 20.3 Å². The quantitative estimate of drug-likeness (QED) is 0.710. The summed E-state index contributed by atoms with van der Waals surface area (Å²) >= 11 is 0. The predicted octanol–water partition coefficient (Wildman–Crippen LogP) is 4.96. The SMILES string of the molecule is C=O.CC1(C)CCCC(COc2cc(F)c(C(=O)N3CCCC3)cc2C2CC2)C1.CO. The van der Waals surface area contributed by atoms with Crippen LogP contribution >= 0.6 is 0 Å². The number of carbonyl (C=O) groups excluding carboxylic acids is 2. The molecular weight excluding hydrogens is 397 g/mol. The number of hydrogen-bond acceptors (Lipinski definition) is 4. The number of carbonyl (C=O) groups is 2. The first-order valence-corrected chi connectivity index (χ1v) is 11.4. The maximum atomic E-state index is 14.8. The number of likely N-dealkylation sites (tertiary alicyclic amines) is 1. The molecule has 174 valence electrons. The normalized spacial score (nSPS) is 22.0. The van der Waals surface area contributed by atoms with Gasteiger partial charge in [-0.3, -0.25) is 4.79 Å². The van der Waals surface area contributed by atoms with Crippen molar-refractivity contribution in [3.8, 4) is 5.75 Å². The third kappa shape index (κ3) is 6.76. The molecule has 1 N–H and O–H groups in total. The zero-order valence-electron chi connectivity index (χ0n) is 19.3. The Balaban J connectivity index is 0.000000807. The summed E-state index contributed by atoms with van der Waals surface area (Å²) in [5.41, 5.74) is 1.64. The van der Waals surface area contributed by atoms with Gasteiger partial charge in [-0.15, -0.1) is 0 Å². The fourth-order valence-electron chi connectivity index (χ4n) is 4.87. The van der Waals surface area contributed by atoms with Crippen LogP contribution in [0, 0.1) is 17.2 Å². The second-order valence-corrected chi connectivity index (χ2v) is 9.58. The highest BCUT2D eigenvalue weighted by molar-refractivity contribution is 5.95. The fraction of sp³-hybridized carbons (Fsp3) is 0.680. The maximum Gasteiger partial charge on any atom is 0.256 e. The third-order valence-corrected chi connectivity index (χ3v) is 6.52. The standard InChI is InChI=1S/C23H32FNO2.CH4O.CH2O/c1-23(2)9-5-6-16(14-23)15-27-21-13-20(24)19(12-18(21)17-7-8-17)22(26)25-10-3-4-11-25;2*1-2/h12-13,16-17H,3-11,14-15H2,1-2H3;2H,1H3;1H2. The lowest BCUT2D eigenvalue weighted by molar-refractivity contribution is -0.0980. The van der Waals surface area contributed by atoms with Crippen molar-refractivity contribution in [1.82, 2.24) is 4.90 Å². The Morgan fingerprint density at radius 1 is 1.16 bits per heavy atom. The summed E-state index contributed by atoms with van der Waals surface area (Å²) in [5, 5.41) is 7.00. The van der Waals surface area contributed by atoms with Crippen molar-refractivity contribution in [2.75, 3.05) is 26.8 Å². The predicted molar refractivity (Wildman–Crippen MR) is 120 cm³/mol. The topological polar surface area (TPSA) is 66.8 Å². The van der Waals surface area contributed by atoms with Gasteiger partial charge in [0.15, 0.2) is 0 Å². The zero-order chi connectivity index (χ0) is 23.0. The van der Waals surface area contributed by atoms with Gasteiger partial charge in [0, 0.05) is 26.3 Å². The van der Waals surface area contributed by atoms with Gasteiger partial charge < -0.3 is 19.5 Å². The first-order chi connectivity index (χ1) is 14.9. The Morgan fingerprint density at radius 3 is 2.39 bits per heavy atom. The minimum atomic E-state index is -0.435. The molecule has 1 amide bonds. The summed E-state index contributed by atoms with van der Waals surface area (Å²) in [6, 6.07) is 3.26. The van der Waals surface area contributed by atoms with Crippen molar-refractivity contribution in [2.24, 2.45) is 11.3 Å². The molecular formula is C25H38FNO4. The number of halogens is 1. The number of hydrogen-bond donors (Lipinski definition) is 1. The summed E-state index contributed by atoms with van der Waals surface area (Å²) < 4.78 is 20.9. The summed E-state index contributed by atoms with van der Waals surface area (Å²) in [6.45, 7) is 8.79. The third-order valence-electron chi connectivity index (χ3n) is 6.52. The lowest BCUT2D eigenvalue weighted by Gasteiger charge is -2.35. The number of aliphatic hydroxyl groups is 1. The summed E-state index contributed by atoms with van der Waals surface area (Å²) in [5.74, 6) is 1.03. The van der Waals surface area contributed by atoms with Gasteiger partial charge in [-0.05, 0) is 73.8 Å². The molecule has 1 heterocycles. The highest BCUT2D eigenvalue weighted by Gasteiger charge is 2.32. The molecule has 3 aliphatic rings. The van der Waals surface area contributed by atoms with E-state index in [0.29, 0.717) is 29.6 Å². The monoisotopic (exact) mass is 435 g/mol. The van der Waals surface area contributed by atoms with E-state index in [1.807, 2.05) is 6.79 Å². The van der Waals surface area contributed by atoms with Crippen LogP contribution in [0.25, 0.3) is 0 Å². The Labute approximate surface area is 186 Å².